The van der Waals surface area contributed by atoms with E-state index in [0.29, 0.717) is 5.57 Å². The quantitative estimate of drug-likeness (QED) is 0.455. The van der Waals surface area contributed by atoms with Gasteiger partial charge in [-0.05, 0) is 23.7 Å². The van der Waals surface area contributed by atoms with E-state index in [0.717, 1.165) is 0 Å². The van der Waals surface area contributed by atoms with Crippen molar-refractivity contribution in [2.75, 3.05) is 13.7 Å². The molecule has 7 heteroatoms. The van der Waals surface area contributed by atoms with Crippen LogP contribution in [0.3, 0.4) is 0 Å². The Hall–Kier alpha value is -1.15. The average Bonchev–Trinajstić information content (AvgIpc) is 2.83. The molecule has 0 unspecified atom stereocenters. The van der Waals surface area contributed by atoms with Crippen LogP contribution in [0.4, 0.5) is 0 Å². The zero-order valence-electron chi connectivity index (χ0n) is 15.2. The molecule has 2 aliphatic rings. The summed E-state index contributed by atoms with van der Waals surface area (Å²) in [6, 6.07) is 0. The fraction of sp³-hybridized carbons (Fsp3) is 0.706. The van der Waals surface area contributed by atoms with Crippen LogP contribution in [0.25, 0.3) is 0 Å². The Kier molecular flexibility index (Phi) is 5.30. The Morgan fingerprint density at radius 2 is 1.96 bits per heavy atom. The molecule has 0 fully saturated rings. The van der Waals surface area contributed by atoms with Gasteiger partial charge in [-0.3, -0.25) is 0 Å². The lowest BCUT2D eigenvalue weighted by Gasteiger charge is -2.43. The van der Waals surface area contributed by atoms with Crippen molar-refractivity contribution in [1.82, 2.24) is 0 Å². The standard InChI is InChI=1S/C17H28O6Si/c1-17(2,3)24(5,6)23-16-13-10(8-18)7-12(19)14(13)11(9-22-16)15(20)21-4/h7,9,12-14,16,18-19H,8H2,1-6H3/t12-,13-,14+,16+/m1/s1. The normalized spacial score (nSPS) is 30.2. The second-order valence-electron chi connectivity index (χ2n) is 7.89. The summed E-state index contributed by atoms with van der Waals surface area (Å²) in [5.74, 6) is -1.47. The number of esters is 1. The van der Waals surface area contributed by atoms with E-state index >= 15 is 0 Å². The van der Waals surface area contributed by atoms with Gasteiger partial charge in [-0.2, -0.15) is 0 Å². The van der Waals surface area contributed by atoms with E-state index < -0.39 is 38.5 Å². The maximum Gasteiger partial charge on any atom is 0.337 e. The zero-order valence-corrected chi connectivity index (χ0v) is 16.2. The van der Waals surface area contributed by atoms with Crippen LogP contribution in [-0.2, 0) is 18.7 Å². The Morgan fingerprint density at radius 3 is 2.46 bits per heavy atom. The van der Waals surface area contributed by atoms with Crippen LogP contribution in [0.2, 0.25) is 18.1 Å². The first kappa shape index (κ1) is 19.2. The Balaban J connectivity index is 2.36. The van der Waals surface area contributed by atoms with Gasteiger partial charge >= 0.3 is 5.97 Å². The molecule has 0 radical (unpaired) electrons. The number of hydrogen-bond donors (Lipinski definition) is 2. The smallest absolute Gasteiger partial charge is 0.337 e. The first-order valence-corrected chi connectivity index (χ1v) is 11.1. The molecule has 6 nitrogen and oxygen atoms in total. The van der Waals surface area contributed by atoms with Crippen molar-refractivity contribution in [3.63, 3.8) is 0 Å². The van der Waals surface area contributed by atoms with Crippen LogP contribution in [-0.4, -0.2) is 50.6 Å². The number of aliphatic hydroxyl groups is 2. The van der Waals surface area contributed by atoms with Gasteiger partial charge in [0, 0.05) is 5.92 Å². The van der Waals surface area contributed by atoms with E-state index in [-0.39, 0.29) is 17.2 Å². The van der Waals surface area contributed by atoms with Crippen LogP contribution < -0.4 is 0 Å². The van der Waals surface area contributed by atoms with Crippen LogP contribution in [0.1, 0.15) is 20.8 Å². The molecule has 1 heterocycles. The third-order valence-electron chi connectivity index (χ3n) is 5.37. The highest BCUT2D eigenvalue weighted by atomic mass is 28.4. The van der Waals surface area contributed by atoms with E-state index in [4.69, 9.17) is 13.9 Å². The second kappa shape index (κ2) is 6.63. The molecule has 24 heavy (non-hydrogen) atoms. The third-order valence-corrected chi connectivity index (χ3v) is 9.80. The molecule has 1 aliphatic heterocycles. The molecule has 0 aromatic carbocycles. The Labute approximate surface area is 144 Å². The molecular formula is C17H28O6Si. The maximum atomic E-state index is 12.0. The van der Waals surface area contributed by atoms with Crippen LogP contribution in [0, 0.1) is 11.8 Å². The molecule has 0 amide bonds. The highest BCUT2D eigenvalue weighted by Crippen LogP contribution is 2.46. The van der Waals surface area contributed by atoms with Gasteiger partial charge in [-0.15, -0.1) is 0 Å². The Bertz CT molecular complexity index is 560. The van der Waals surface area contributed by atoms with E-state index in [1.165, 1.54) is 13.4 Å². The summed E-state index contributed by atoms with van der Waals surface area (Å²) in [4.78, 5) is 12.0. The van der Waals surface area contributed by atoms with Gasteiger partial charge in [0.1, 0.15) is 0 Å². The predicted octanol–water partition coefficient (Wildman–Crippen LogP) is 1.95. The lowest BCUT2D eigenvalue weighted by atomic mass is 9.82. The van der Waals surface area contributed by atoms with Gasteiger partial charge in [0.15, 0.2) is 14.6 Å². The van der Waals surface area contributed by atoms with Gasteiger partial charge in [0.25, 0.3) is 0 Å². The molecule has 2 rings (SSSR count). The lowest BCUT2D eigenvalue weighted by molar-refractivity contribution is -0.142. The van der Waals surface area contributed by atoms with Crippen molar-refractivity contribution in [2.45, 2.75) is 51.3 Å². The van der Waals surface area contributed by atoms with Crippen molar-refractivity contribution in [2.24, 2.45) is 11.8 Å². The minimum atomic E-state index is -2.13. The molecule has 0 aromatic rings. The summed E-state index contributed by atoms with van der Waals surface area (Å²) in [5, 5.41) is 20.0. The minimum Gasteiger partial charge on any atom is -0.472 e. The summed E-state index contributed by atoms with van der Waals surface area (Å²) in [5.41, 5.74) is 0.899. The summed E-state index contributed by atoms with van der Waals surface area (Å²) in [6.45, 7) is 10.4. The predicted molar refractivity (Wildman–Crippen MR) is 91.4 cm³/mol. The van der Waals surface area contributed by atoms with Crippen LogP contribution >= 0.6 is 0 Å². The molecular weight excluding hydrogens is 328 g/mol. The summed E-state index contributed by atoms with van der Waals surface area (Å²) in [6.07, 6.45) is 1.40. The topological polar surface area (TPSA) is 85.2 Å². The van der Waals surface area contributed by atoms with Crippen molar-refractivity contribution in [1.29, 1.82) is 0 Å². The van der Waals surface area contributed by atoms with Gasteiger partial charge in [0.05, 0.1) is 37.6 Å². The second-order valence-corrected chi connectivity index (χ2v) is 12.6. The van der Waals surface area contributed by atoms with E-state index in [9.17, 15) is 15.0 Å². The molecule has 1 aliphatic carbocycles. The lowest BCUT2D eigenvalue weighted by Crippen LogP contribution is -2.49. The van der Waals surface area contributed by atoms with Gasteiger partial charge in [-0.25, -0.2) is 4.79 Å². The highest BCUT2D eigenvalue weighted by Gasteiger charge is 2.51. The SMILES string of the molecule is COC(=O)C1=CO[C@@H](O[Si](C)(C)C(C)(C)C)[C@@H]2C(CO)=C[C@@H](O)[C@H]12. The van der Waals surface area contributed by atoms with Gasteiger partial charge in [-0.1, -0.05) is 26.8 Å². The fourth-order valence-corrected chi connectivity index (χ4v) is 4.07. The van der Waals surface area contributed by atoms with Crippen molar-refractivity contribution in [3.8, 4) is 0 Å². The fourth-order valence-electron chi connectivity index (χ4n) is 2.93. The number of hydrogen-bond acceptors (Lipinski definition) is 6. The maximum absolute atomic E-state index is 12.0. The summed E-state index contributed by atoms with van der Waals surface area (Å²) >= 11 is 0. The minimum absolute atomic E-state index is 0.0154. The monoisotopic (exact) mass is 356 g/mol. The van der Waals surface area contributed by atoms with Gasteiger partial charge < -0.3 is 24.1 Å². The summed E-state index contributed by atoms with van der Waals surface area (Å²) < 4.78 is 16.9. The zero-order chi connectivity index (χ0) is 18.3. The Morgan fingerprint density at radius 1 is 1.33 bits per heavy atom. The molecule has 136 valence electrons. The van der Waals surface area contributed by atoms with Crippen LogP contribution in [0.5, 0.6) is 0 Å². The number of aliphatic hydroxyl groups excluding tert-OH is 2. The third kappa shape index (κ3) is 3.30. The van der Waals surface area contributed by atoms with Crippen molar-refractivity contribution < 1.29 is 28.9 Å². The molecule has 0 aromatic heterocycles. The number of rotatable bonds is 4. The molecule has 4 atom stereocenters. The molecule has 0 saturated heterocycles. The number of carbonyl (C=O) groups excluding carboxylic acids is 1. The van der Waals surface area contributed by atoms with Crippen LogP contribution in [0.15, 0.2) is 23.5 Å². The van der Waals surface area contributed by atoms with Crippen molar-refractivity contribution >= 4 is 14.3 Å². The highest BCUT2D eigenvalue weighted by molar-refractivity contribution is 6.74. The number of ether oxygens (including phenoxy) is 2. The number of fused-ring (bicyclic) bond motifs is 1. The van der Waals surface area contributed by atoms with Gasteiger partial charge in [0.2, 0.25) is 0 Å². The molecule has 2 N–H and O–H groups in total. The van der Waals surface area contributed by atoms with Crippen molar-refractivity contribution in [3.05, 3.63) is 23.5 Å². The molecule has 0 bridgehead atoms. The van der Waals surface area contributed by atoms with E-state index in [1.54, 1.807) is 6.08 Å². The first-order valence-electron chi connectivity index (χ1n) is 8.14. The van der Waals surface area contributed by atoms with E-state index in [2.05, 4.69) is 33.9 Å². The largest absolute Gasteiger partial charge is 0.472 e. The molecule has 0 spiro atoms. The first-order chi connectivity index (χ1) is 11.0. The van der Waals surface area contributed by atoms with E-state index in [1.807, 2.05) is 0 Å². The number of carbonyl (C=O) groups is 1. The summed E-state index contributed by atoms with van der Waals surface area (Å²) in [7, 11) is -0.845. The molecule has 0 saturated carbocycles. The average molecular weight is 356 g/mol. The number of methoxy groups -OCH3 is 1.